The van der Waals surface area contributed by atoms with Crippen molar-refractivity contribution in [3.05, 3.63) is 0 Å². The second-order valence-electron chi connectivity index (χ2n) is 4.61. The predicted molar refractivity (Wildman–Crippen MR) is 81.5 cm³/mol. The quantitative estimate of drug-likeness (QED) is 0.623. The third kappa shape index (κ3) is 5.99. The Hall–Kier alpha value is 0.180. The van der Waals surface area contributed by atoms with Gasteiger partial charge >= 0.3 is 0 Å². The predicted octanol–water partition coefficient (Wildman–Crippen LogP) is 0.422. The first-order chi connectivity index (χ1) is 9.11. The summed E-state index contributed by atoms with van der Waals surface area (Å²) >= 11 is 1.74. The van der Waals surface area contributed by atoms with E-state index in [2.05, 4.69) is 10.2 Å². The number of methoxy groups -OCH3 is 1. The summed E-state index contributed by atoms with van der Waals surface area (Å²) < 4.78 is 29.1. The zero-order chi connectivity index (χ0) is 14.1. The molecule has 0 spiro atoms. The molecule has 1 rings (SSSR count). The maximum Gasteiger partial charge on any atom is 0.166 e. The highest BCUT2D eigenvalue weighted by Crippen LogP contribution is 2.20. The molecule has 1 aliphatic heterocycles. The van der Waals surface area contributed by atoms with Gasteiger partial charge in [-0.2, -0.15) is 11.8 Å². The molecular weight excluding hydrogens is 284 g/mol. The van der Waals surface area contributed by atoms with Gasteiger partial charge < -0.3 is 10.1 Å². The molecule has 0 aromatic carbocycles. The Bertz CT molecular complexity index is 336. The lowest BCUT2D eigenvalue weighted by Gasteiger charge is -2.34. The van der Waals surface area contributed by atoms with Gasteiger partial charge in [-0.1, -0.05) is 6.92 Å². The number of nitrogens with one attached hydrogen (secondary N) is 1. The Morgan fingerprint density at radius 2 is 2.21 bits per heavy atom. The van der Waals surface area contributed by atoms with E-state index < -0.39 is 9.84 Å². The Balaban J connectivity index is 2.33. The third-order valence-corrected chi connectivity index (χ3v) is 6.62. The van der Waals surface area contributed by atoms with E-state index in [0.717, 1.165) is 45.0 Å². The molecule has 0 radical (unpaired) electrons. The van der Waals surface area contributed by atoms with Crippen molar-refractivity contribution in [3.8, 4) is 0 Å². The second-order valence-corrected chi connectivity index (χ2v) is 8.21. The Morgan fingerprint density at radius 1 is 1.42 bits per heavy atom. The van der Waals surface area contributed by atoms with Crippen LogP contribution in [0.4, 0.5) is 0 Å². The zero-order valence-corrected chi connectivity index (χ0v) is 13.6. The molecule has 0 saturated carbocycles. The van der Waals surface area contributed by atoms with Crippen LogP contribution in [0.3, 0.4) is 0 Å². The number of thioether (sulfide) groups is 1. The van der Waals surface area contributed by atoms with E-state index >= 15 is 0 Å². The highest BCUT2D eigenvalue weighted by molar-refractivity contribution is 8.01. The number of hydrogen-bond acceptors (Lipinski definition) is 6. The fourth-order valence-electron chi connectivity index (χ4n) is 2.08. The van der Waals surface area contributed by atoms with Crippen LogP contribution in [0.15, 0.2) is 0 Å². The van der Waals surface area contributed by atoms with Crippen molar-refractivity contribution in [2.24, 2.45) is 0 Å². The van der Waals surface area contributed by atoms with Crippen molar-refractivity contribution in [2.75, 3.05) is 57.2 Å². The smallest absolute Gasteiger partial charge is 0.166 e. The molecule has 1 N–H and O–H groups in total. The van der Waals surface area contributed by atoms with Gasteiger partial charge in [-0.25, -0.2) is 8.42 Å². The Kier molecular flexibility index (Phi) is 8.32. The van der Waals surface area contributed by atoms with Crippen molar-refractivity contribution in [1.29, 1.82) is 0 Å². The number of hydrogen-bond donors (Lipinski definition) is 1. The summed E-state index contributed by atoms with van der Waals surface area (Å²) in [4.78, 5) is 2.11. The van der Waals surface area contributed by atoms with E-state index in [4.69, 9.17) is 4.74 Å². The molecule has 0 amide bonds. The first-order valence-corrected chi connectivity index (χ1v) is 9.72. The summed E-state index contributed by atoms with van der Waals surface area (Å²) in [6.07, 6.45) is 0.989. The minimum atomic E-state index is -2.96. The molecule has 1 saturated heterocycles. The average molecular weight is 310 g/mol. The van der Waals surface area contributed by atoms with Crippen LogP contribution in [0.2, 0.25) is 0 Å². The number of ether oxygens (including phenoxy) is 1. The standard InChI is InChI=1S/C12H26N2O3S2/c1-3-19(15,16)12-11-18-10-8-14(12)7-6-13-5-4-9-17-2/h12-13H,3-11H2,1-2H3. The first kappa shape index (κ1) is 17.2. The molecule has 0 aromatic heterocycles. The SMILES string of the molecule is CCS(=O)(=O)C1CSCCN1CCNCCCOC. The van der Waals surface area contributed by atoms with E-state index in [1.807, 2.05) is 0 Å². The van der Waals surface area contributed by atoms with Gasteiger partial charge in [-0.15, -0.1) is 0 Å². The summed E-state index contributed by atoms with van der Waals surface area (Å²) in [5.41, 5.74) is 0. The van der Waals surface area contributed by atoms with Gasteiger partial charge in [0.2, 0.25) is 0 Å². The van der Waals surface area contributed by atoms with Crippen LogP contribution in [-0.2, 0) is 14.6 Å². The Morgan fingerprint density at radius 3 is 2.89 bits per heavy atom. The summed E-state index contributed by atoms with van der Waals surface area (Å²) in [7, 11) is -1.26. The molecule has 1 aliphatic rings. The van der Waals surface area contributed by atoms with Crippen molar-refractivity contribution in [2.45, 2.75) is 18.7 Å². The molecule has 5 nitrogen and oxygen atoms in total. The Labute approximate surface area is 121 Å². The van der Waals surface area contributed by atoms with Crippen LogP contribution in [0.1, 0.15) is 13.3 Å². The van der Waals surface area contributed by atoms with Gasteiger partial charge in [0.05, 0.1) is 0 Å². The van der Waals surface area contributed by atoms with Crippen molar-refractivity contribution in [3.63, 3.8) is 0 Å². The fourth-order valence-corrected chi connectivity index (χ4v) is 5.19. The van der Waals surface area contributed by atoms with Gasteiger partial charge in [0.1, 0.15) is 5.37 Å². The van der Waals surface area contributed by atoms with Crippen LogP contribution in [0.5, 0.6) is 0 Å². The van der Waals surface area contributed by atoms with Crippen LogP contribution in [0.25, 0.3) is 0 Å². The molecule has 114 valence electrons. The zero-order valence-electron chi connectivity index (χ0n) is 11.9. The number of sulfone groups is 1. The lowest BCUT2D eigenvalue weighted by Crippen LogP contribution is -2.49. The van der Waals surface area contributed by atoms with E-state index in [-0.39, 0.29) is 11.1 Å². The van der Waals surface area contributed by atoms with Crippen molar-refractivity contribution in [1.82, 2.24) is 10.2 Å². The molecule has 7 heteroatoms. The maximum atomic E-state index is 12.0. The minimum Gasteiger partial charge on any atom is -0.385 e. The van der Waals surface area contributed by atoms with E-state index in [1.165, 1.54) is 0 Å². The van der Waals surface area contributed by atoms with Gasteiger partial charge in [0, 0.05) is 50.6 Å². The summed E-state index contributed by atoms with van der Waals surface area (Å²) in [5, 5.41) is 3.04. The molecular formula is C12H26N2O3S2. The number of rotatable bonds is 9. The summed E-state index contributed by atoms with van der Waals surface area (Å²) in [6, 6.07) is 0. The molecule has 1 fully saturated rings. The monoisotopic (exact) mass is 310 g/mol. The molecule has 0 aromatic rings. The largest absolute Gasteiger partial charge is 0.385 e. The van der Waals surface area contributed by atoms with E-state index in [0.29, 0.717) is 5.75 Å². The molecule has 1 atom stereocenters. The summed E-state index contributed by atoms with van der Waals surface area (Å²) in [5.74, 6) is 1.97. The van der Waals surface area contributed by atoms with Crippen LogP contribution >= 0.6 is 11.8 Å². The van der Waals surface area contributed by atoms with Crippen molar-refractivity contribution < 1.29 is 13.2 Å². The minimum absolute atomic E-state index is 0.232. The van der Waals surface area contributed by atoms with Crippen LogP contribution < -0.4 is 5.32 Å². The lowest BCUT2D eigenvalue weighted by atomic mass is 10.4. The third-order valence-electron chi connectivity index (χ3n) is 3.29. The van der Waals surface area contributed by atoms with Crippen LogP contribution in [0, 0.1) is 0 Å². The highest BCUT2D eigenvalue weighted by Gasteiger charge is 2.32. The van der Waals surface area contributed by atoms with E-state index in [9.17, 15) is 8.42 Å². The summed E-state index contributed by atoms with van der Waals surface area (Å²) in [6.45, 7) is 5.92. The fraction of sp³-hybridized carbons (Fsp3) is 1.00. The first-order valence-electron chi connectivity index (χ1n) is 6.85. The number of nitrogens with zero attached hydrogens (tertiary/aromatic N) is 1. The molecule has 1 unspecified atom stereocenters. The normalized spacial score (nSPS) is 21.7. The van der Waals surface area contributed by atoms with Gasteiger partial charge in [-0.05, 0) is 13.0 Å². The van der Waals surface area contributed by atoms with E-state index in [1.54, 1.807) is 25.8 Å². The lowest BCUT2D eigenvalue weighted by molar-refractivity contribution is 0.193. The van der Waals surface area contributed by atoms with Crippen molar-refractivity contribution >= 4 is 21.6 Å². The van der Waals surface area contributed by atoms with Gasteiger partial charge in [-0.3, -0.25) is 4.90 Å². The second kappa shape index (κ2) is 9.18. The molecule has 0 aliphatic carbocycles. The highest BCUT2D eigenvalue weighted by atomic mass is 32.2. The molecule has 1 heterocycles. The molecule has 19 heavy (non-hydrogen) atoms. The maximum absolute atomic E-state index is 12.0. The van der Waals surface area contributed by atoms with Gasteiger partial charge in [0.25, 0.3) is 0 Å². The molecule has 0 bridgehead atoms. The van der Waals surface area contributed by atoms with Crippen LogP contribution in [-0.4, -0.2) is 75.8 Å². The van der Waals surface area contributed by atoms with Gasteiger partial charge in [0.15, 0.2) is 9.84 Å². The average Bonchev–Trinajstić information content (AvgIpc) is 2.43. The topological polar surface area (TPSA) is 58.6 Å².